The molecule has 2 rings (SSSR count). The molecule has 0 aliphatic heterocycles. The number of hydrogen-bond donors (Lipinski definition) is 1. The first-order valence-corrected chi connectivity index (χ1v) is 6.20. The summed E-state index contributed by atoms with van der Waals surface area (Å²) in [5, 5.41) is 12.6. The molecule has 1 unspecified atom stereocenters. The maximum Gasteiger partial charge on any atom is 0.103 e. The second-order valence-electron chi connectivity index (χ2n) is 4.69. The van der Waals surface area contributed by atoms with Crippen molar-refractivity contribution in [3.63, 3.8) is 0 Å². The maximum absolute atomic E-state index is 9.21. The summed E-state index contributed by atoms with van der Waals surface area (Å²) in [4.78, 5) is 8.33. The van der Waals surface area contributed by atoms with Crippen LogP contribution in [0.4, 0.5) is 5.69 Å². The van der Waals surface area contributed by atoms with Gasteiger partial charge >= 0.3 is 0 Å². The Morgan fingerprint density at radius 1 is 1.47 bits per heavy atom. The van der Waals surface area contributed by atoms with Crippen LogP contribution in [0.3, 0.4) is 0 Å². The first-order valence-electron chi connectivity index (χ1n) is 6.20. The molecular weight excluding hydrogens is 238 g/mol. The van der Waals surface area contributed by atoms with E-state index in [2.05, 4.69) is 28.3 Å². The largest absolute Gasteiger partial charge is 0.380 e. The lowest BCUT2D eigenvalue weighted by Gasteiger charge is -2.17. The maximum atomic E-state index is 9.21. The highest BCUT2D eigenvalue weighted by atomic mass is 15.1. The zero-order valence-electron chi connectivity index (χ0n) is 11.4. The van der Waals surface area contributed by atoms with E-state index in [0.29, 0.717) is 5.56 Å². The van der Waals surface area contributed by atoms with Gasteiger partial charge in [0, 0.05) is 30.7 Å². The van der Waals surface area contributed by atoms with E-state index in [0.717, 1.165) is 23.6 Å². The number of aryl methyl sites for hydroxylation is 2. The molecule has 2 aromatic rings. The van der Waals surface area contributed by atoms with Crippen LogP contribution in [0.2, 0.25) is 0 Å². The number of aromatic nitrogens is 3. The van der Waals surface area contributed by atoms with Crippen LogP contribution in [0.15, 0.2) is 24.8 Å². The summed E-state index contributed by atoms with van der Waals surface area (Å²) in [6, 6.07) is 4.32. The quantitative estimate of drug-likeness (QED) is 0.910. The average molecular weight is 255 g/mol. The number of nitriles is 1. The summed E-state index contributed by atoms with van der Waals surface area (Å²) >= 11 is 0. The predicted molar refractivity (Wildman–Crippen MR) is 73.7 cm³/mol. The van der Waals surface area contributed by atoms with E-state index in [1.54, 1.807) is 12.5 Å². The zero-order chi connectivity index (χ0) is 13.8. The standard InChI is InChI=1S/C14H17N5/c1-10-6-14(13(7-15)12(3)17-10)18-11(2)8-19-5-4-16-9-19/h4-6,9,11H,8H2,1-3H3,(H,17,18). The van der Waals surface area contributed by atoms with Crippen molar-refractivity contribution >= 4 is 5.69 Å². The van der Waals surface area contributed by atoms with E-state index in [9.17, 15) is 5.26 Å². The van der Waals surface area contributed by atoms with Gasteiger partial charge in [-0.15, -0.1) is 0 Å². The Morgan fingerprint density at radius 3 is 2.89 bits per heavy atom. The fraction of sp³-hybridized carbons (Fsp3) is 0.357. The number of nitrogens with one attached hydrogen (secondary N) is 1. The molecule has 0 amide bonds. The number of pyridine rings is 1. The van der Waals surface area contributed by atoms with Gasteiger partial charge in [-0.3, -0.25) is 4.98 Å². The number of rotatable bonds is 4. The summed E-state index contributed by atoms with van der Waals surface area (Å²) in [7, 11) is 0. The van der Waals surface area contributed by atoms with Gasteiger partial charge in [0.2, 0.25) is 0 Å². The molecule has 0 saturated heterocycles. The van der Waals surface area contributed by atoms with Gasteiger partial charge in [-0.25, -0.2) is 4.98 Å². The van der Waals surface area contributed by atoms with Crippen LogP contribution in [0.1, 0.15) is 23.9 Å². The van der Waals surface area contributed by atoms with Crippen molar-refractivity contribution in [2.75, 3.05) is 5.32 Å². The molecule has 0 aromatic carbocycles. The lowest BCUT2D eigenvalue weighted by molar-refractivity contribution is 0.618. The normalized spacial score (nSPS) is 11.9. The summed E-state index contributed by atoms with van der Waals surface area (Å²) in [5.41, 5.74) is 3.14. The van der Waals surface area contributed by atoms with Crippen LogP contribution in [0.25, 0.3) is 0 Å². The number of imidazole rings is 1. The molecule has 0 aliphatic rings. The molecule has 0 fully saturated rings. The smallest absolute Gasteiger partial charge is 0.103 e. The van der Waals surface area contributed by atoms with Crippen molar-refractivity contribution in [2.24, 2.45) is 0 Å². The van der Waals surface area contributed by atoms with Crippen LogP contribution in [0.5, 0.6) is 0 Å². The van der Waals surface area contributed by atoms with E-state index < -0.39 is 0 Å². The van der Waals surface area contributed by atoms with Crippen molar-refractivity contribution in [2.45, 2.75) is 33.4 Å². The van der Waals surface area contributed by atoms with Crippen LogP contribution >= 0.6 is 0 Å². The average Bonchev–Trinajstić information content (AvgIpc) is 2.81. The third kappa shape index (κ3) is 3.10. The van der Waals surface area contributed by atoms with Crippen molar-refractivity contribution in [3.05, 3.63) is 41.7 Å². The molecule has 2 aromatic heterocycles. The Labute approximate surface area is 112 Å². The van der Waals surface area contributed by atoms with Gasteiger partial charge in [-0.2, -0.15) is 5.26 Å². The molecule has 1 atom stereocenters. The fourth-order valence-corrected chi connectivity index (χ4v) is 2.11. The van der Waals surface area contributed by atoms with E-state index in [-0.39, 0.29) is 6.04 Å². The molecule has 0 radical (unpaired) electrons. The van der Waals surface area contributed by atoms with Gasteiger partial charge in [0.05, 0.1) is 23.3 Å². The molecule has 2 heterocycles. The second kappa shape index (κ2) is 5.53. The SMILES string of the molecule is Cc1cc(NC(C)Cn2ccnc2)c(C#N)c(C)n1. The minimum atomic E-state index is 0.197. The molecule has 5 heteroatoms. The first-order chi connectivity index (χ1) is 9.10. The first kappa shape index (κ1) is 13.1. The molecule has 0 aliphatic carbocycles. The van der Waals surface area contributed by atoms with Crippen LogP contribution < -0.4 is 5.32 Å². The van der Waals surface area contributed by atoms with E-state index >= 15 is 0 Å². The third-order valence-electron chi connectivity index (χ3n) is 2.89. The van der Waals surface area contributed by atoms with Crippen LogP contribution in [0, 0.1) is 25.2 Å². The van der Waals surface area contributed by atoms with Crippen molar-refractivity contribution < 1.29 is 0 Å². The second-order valence-corrected chi connectivity index (χ2v) is 4.69. The highest BCUT2D eigenvalue weighted by Crippen LogP contribution is 2.19. The minimum Gasteiger partial charge on any atom is -0.380 e. The van der Waals surface area contributed by atoms with Crippen LogP contribution in [-0.4, -0.2) is 20.6 Å². The monoisotopic (exact) mass is 255 g/mol. The number of anilines is 1. The fourth-order valence-electron chi connectivity index (χ4n) is 2.11. The van der Waals surface area contributed by atoms with Gasteiger partial charge in [-0.1, -0.05) is 0 Å². The summed E-state index contributed by atoms with van der Waals surface area (Å²) in [6.45, 7) is 6.66. The summed E-state index contributed by atoms with van der Waals surface area (Å²) < 4.78 is 2.00. The molecule has 5 nitrogen and oxygen atoms in total. The lowest BCUT2D eigenvalue weighted by atomic mass is 10.1. The Bertz CT molecular complexity index is 595. The highest BCUT2D eigenvalue weighted by molar-refractivity contribution is 5.60. The molecule has 0 saturated carbocycles. The molecule has 98 valence electrons. The lowest BCUT2D eigenvalue weighted by Crippen LogP contribution is -2.22. The highest BCUT2D eigenvalue weighted by Gasteiger charge is 2.10. The molecule has 0 spiro atoms. The zero-order valence-corrected chi connectivity index (χ0v) is 11.4. The van der Waals surface area contributed by atoms with Gasteiger partial charge in [0.15, 0.2) is 0 Å². The number of nitrogens with zero attached hydrogens (tertiary/aromatic N) is 4. The molecule has 1 N–H and O–H groups in total. The predicted octanol–water partition coefficient (Wildman–Crippen LogP) is 2.27. The molecular formula is C14H17N5. The number of hydrogen-bond acceptors (Lipinski definition) is 4. The Kier molecular flexibility index (Phi) is 3.81. The third-order valence-corrected chi connectivity index (χ3v) is 2.89. The Hall–Kier alpha value is -2.35. The van der Waals surface area contributed by atoms with Crippen molar-refractivity contribution in [1.29, 1.82) is 5.26 Å². The van der Waals surface area contributed by atoms with Crippen LogP contribution in [-0.2, 0) is 6.54 Å². The van der Waals surface area contributed by atoms with Gasteiger partial charge in [-0.05, 0) is 26.8 Å². The molecule has 19 heavy (non-hydrogen) atoms. The Morgan fingerprint density at radius 2 is 2.26 bits per heavy atom. The van der Waals surface area contributed by atoms with Crippen molar-refractivity contribution in [3.8, 4) is 6.07 Å². The van der Waals surface area contributed by atoms with E-state index in [4.69, 9.17) is 0 Å². The minimum absolute atomic E-state index is 0.197. The van der Waals surface area contributed by atoms with E-state index in [1.165, 1.54) is 0 Å². The molecule has 0 bridgehead atoms. The summed E-state index contributed by atoms with van der Waals surface area (Å²) in [5.74, 6) is 0. The van der Waals surface area contributed by atoms with Gasteiger partial charge in [0.1, 0.15) is 6.07 Å². The summed E-state index contributed by atoms with van der Waals surface area (Å²) in [6.07, 6.45) is 5.47. The van der Waals surface area contributed by atoms with E-state index in [1.807, 2.05) is 30.7 Å². The van der Waals surface area contributed by atoms with Gasteiger partial charge < -0.3 is 9.88 Å². The topological polar surface area (TPSA) is 66.5 Å². The van der Waals surface area contributed by atoms with Crippen molar-refractivity contribution in [1.82, 2.24) is 14.5 Å². The Balaban J connectivity index is 2.16. The van der Waals surface area contributed by atoms with Gasteiger partial charge in [0.25, 0.3) is 0 Å².